The van der Waals surface area contributed by atoms with Crippen molar-refractivity contribution in [2.24, 2.45) is 11.8 Å². The number of alkyl halides is 1. The highest BCUT2D eigenvalue weighted by Crippen LogP contribution is 2.37. The second-order valence-electron chi connectivity index (χ2n) is 5.10. The first-order valence-electron chi connectivity index (χ1n) is 5.91. The number of piperidine rings is 1. The Labute approximate surface area is 89.0 Å². The molecule has 3 nitrogen and oxygen atoms in total. The number of fused-ring (bicyclic) bond motifs is 4. The molecule has 4 fully saturated rings. The average Bonchev–Trinajstić information content (AvgIpc) is 3.00. The van der Waals surface area contributed by atoms with Crippen LogP contribution in [-0.4, -0.2) is 42.7 Å². The fourth-order valence-corrected chi connectivity index (χ4v) is 2.84. The minimum atomic E-state index is -0.854. The van der Waals surface area contributed by atoms with E-state index in [1.54, 1.807) is 0 Å². The summed E-state index contributed by atoms with van der Waals surface area (Å²) in [6, 6.07) is 0.323. The molecule has 0 radical (unpaired) electrons. The number of hydrogen-bond donors (Lipinski definition) is 1. The third-order valence-electron chi connectivity index (χ3n) is 3.93. The Bertz CT molecular complexity index is 280. The van der Waals surface area contributed by atoms with Crippen LogP contribution in [0, 0.1) is 11.8 Å². The van der Waals surface area contributed by atoms with Gasteiger partial charge in [0.15, 0.2) is 0 Å². The minimum absolute atomic E-state index is 0.0703. The molecule has 3 heterocycles. The third-order valence-corrected chi connectivity index (χ3v) is 3.93. The summed E-state index contributed by atoms with van der Waals surface area (Å²) < 4.78 is 12.9. The Morgan fingerprint density at radius 1 is 1.33 bits per heavy atom. The number of amides is 1. The molecule has 3 aliphatic heterocycles. The molecule has 0 aromatic carbocycles. The van der Waals surface area contributed by atoms with Gasteiger partial charge in [-0.15, -0.1) is 0 Å². The molecule has 84 valence electrons. The van der Waals surface area contributed by atoms with E-state index >= 15 is 0 Å². The SMILES string of the molecule is O=C(C1C[C@H]1F)N1C[C@@H]2CCC1CNC2. The first kappa shape index (κ1) is 9.58. The van der Waals surface area contributed by atoms with Crippen LogP contribution in [-0.2, 0) is 4.79 Å². The lowest BCUT2D eigenvalue weighted by Gasteiger charge is -2.36. The van der Waals surface area contributed by atoms with Gasteiger partial charge in [-0.05, 0) is 31.7 Å². The summed E-state index contributed by atoms with van der Waals surface area (Å²) >= 11 is 0. The van der Waals surface area contributed by atoms with Crippen LogP contribution in [0.1, 0.15) is 19.3 Å². The van der Waals surface area contributed by atoms with Crippen molar-refractivity contribution in [2.45, 2.75) is 31.5 Å². The van der Waals surface area contributed by atoms with Crippen LogP contribution >= 0.6 is 0 Å². The summed E-state index contributed by atoms with van der Waals surface area (Å²) in [4.78, 5) is 13.9. The standard InChI is InChI=1S/C11H17FN2O/c12-10-3-9(10)11(15)14-6-7-1-2-8(14)5-13-4-7/h7-10,13H,1-6H2/t7-,8?,9?,10-/m1/s1. The number of carbonyl (C=O) groups is 1. The van der Waals surface area contributed by atoms with Crippen LogP contribution in [0.15, 0.2) is 0 Å². The van der Waals surface area contributed by atoms with Gasteiger partial charge in [-0.3, -0.25) is 4.79 Å². The van der Waals surface area contributed by atoms with E-state index in [4.69, 9.17) is 0 Å². The van der Waals surface area contributed by atoms with E-state index in [1.807, 2.05) is 4.90 Å². The zero-order valence-corrected chi connectivity index (χ0v) is 8.79. The zero-order chi connectivity index (χ0) is 10.4. The van der Waals surface area contributed by atoms with Gasteiger partial charge in [-0.2, -0.15) is 0 Å². The Balaban J connectivity index is 1.72. The third kappa shape index (κ3) is 1.65. The molecule has 4 rings (SSSR count). The van der Waals surface area contributed by atoms with E-state index < -0.39 is 6.17 Å². The van der Waals surface area contributed by atoms with Crippen molar-refractivity contribution in [2.75, 3.05) is 19.6 Å². The van der Waals surface area contributed by atoms with E-state index in [2.05, 4.69) is 5.32 Å². The zero-order valence-electron chi connectivity index (χ0n) is 8.79. The van der Waals surface area contributed by atoms with E-state index in [0.29, 0.717) is 18.4 Å². The van der Waals surface area contributed by atoms with Crippen molar-refractivity contribution < 1.29 is 9.18 Å². The van der Waals surface area contributed by atoms with Gasteiger partial charge in [0.2, 0.25) is 5.91 Å². The number of carbonyl (C=O) groups excluding carboxylic acids is 1. The topological polar surface area (TPSA) is 32.3 Å². The Hall–Kier alpha value is -0.640. The van der Waals surface area contributed by atoms with Gasteiger partial charge in [-0.25, -0.2) is 4.39 Å². The largest absolute Gasteiger partial charge is 0.338 e. The molecule has 3 saturated heterocycles. The normalized spacial score (nSPS) is 43.9. The second kappa shape index (κ2) is 3.44. The summed E-state index contributed by atoms with van der Waals surface area (Å²) in [6.45, 7) is 2.76. The van der Waals surface area contributed by atoms with Crippen molar-refractivity contribution in [1.82, 2.24) is 10.2 Å². The van der Waals surface area contributed by atoms with Crippen molar-refractivity contribution >= 4 is 5.91 Å². The van der Waals surface area contributed by atoms with Crippen molar-refractivity contribution in [3.8, 4) is 0 Å². The summed E-state index contributed by atoms with van der Waals surface area (Å²) in [5, 5.41) is 3.38. The van der Waals surface area contributed by atoms with Gasteiger partial charge in [0.1, 0.15) is 6.17 Å². The molecule has 0 aromatic heterocycles. The molecular formula is C11H17FN2O. The van der Waals surface area contributed by atoms with Crippen LogP contribution in [0.25, 0.3) is 0 Å². The van der Waals surface area contributed by atoms with E-state index in [1.165, 1.54) is 6.42 Å². The lowest BCUT2D eigenvalue weighted by atomic mass is 9.94. The summed E-state index contributed by atoms with van der Waals surface area (Å²) in [5.74, 6) is 0.356. The molecule has 1 saturated carbocycles. The molecule has 4 atom stereocenters. The summed E-state index contributed by atoms with van der Waals surface area (Å²) in [7, 11) is 0. The van der Waals surface area contributed by atoms with E-state index in [-0.39, 0.29) is 11.8 Å². The fourth-order valence-electron chi connectivity index (χ4n) is 2.84. The van der Waals surface area contributed by atoms with E-state index in [9.17, 15) is 9.18 Å². The van der Waals surface area contributed by atoms with Crippen molar-refractivity contribution in [3.05, 3.63) is 0 Å². The Morgan fingerprint density at radius 3 is 2.87 bits per heavy atom. The van der Waals surface area contributed by atoms with E-state index in [0.717, 1.165) is 26.1 Å². The van der Waals surface area contributed by atoms with Gasteiger partial charge in [0, 0.05) is 19.1 Å². The highest BCUT2D eigenvalue weighted by molar-refractivity contribution is 5.82. The summed E-state index contributed by atoms with van der Waals surface area (Å²) in [5.41, 5.74) is 0. The molecule has 4 heteroatoms. The first-order chi connectivity index (χ1) is 7.25. The maximum absolute atomic E-state index is 12.9. The van der Waals surface area contributed by atoms with Gasteiger partial charge in [0.25, 0.3) is 0 Å². The lowest BCUT2D eigenvalue weighted by Crippen LogP contribution is -2.48. The molecule has 0 spiro atoms. The second-order valence-corrected chi connectivity index (χ2v) is 5.10. The number of hydrogen-bond acceptors (Lipinski definition) is 2. The van der Waals surface area contributed by atoms with Gasteiger partial charge >= 0.3 is 0 Å². The number of halogens is 1. The maximum atomic E-state index is 12.9. The predicted octanol–water partition coefficient (Wildman–Crippen LogP) is 0.555. The molecule has 0 aromatic rings. The molecule has 1 N–H and O–H groups in total. The van der Waals surface area contributed by atoms with Crippen molar-refractivity contribution in [3.63, 3.8) is 0 Å². The molecule has 1 amide bonds. The maximum Gasteiger partial charge on any atom is 0.229 e. The monoisotopic (exact) mass is 212 g/mol. The van der Waals surface area contributed by atoms with Crippen LogP contribution in [0.2, 0.25) is 0 Å². The molecule has 15 heavy (non-hydrogen) atoms. The lowest BCUT2D eigenvalue weighted by molar-refractivity contribution is -0.137. The number of nitrogens with zero attached hydrogens (tertiary/aromatic N) is 1. The number of rotatable bonds is 1. The van der Waals surface area contributed by atoms with Crippen molar-refractivity contribution in [1.29, 1.82) is 0 Å². The quantitative estimate of drug-likeness (QED) is 0.688. The average molecular weight is 212 g/mol. The first-order valence-corrected chi connectivity index (χ1v) is 5.91. The van der Waals surface area contributed by atoms with Gasteiger partial charge in [0.05, 0.1) is 5.92 Å². The fraction of sp³-hybridized carbons (Fsp3) is 0.909. The summed E-state index contributed by atoms with van der Waals surface area (Å²) in [6.07, 6.45) is 1.91. The smallest absolute Gasteiger partial charge is 0.229 e. The van der Waals surface area contributed by atoms with Crippen LogP contribution in [0.4, 0.5) is 4.39 Å². The van der Waals surface area contributed by atoms with Gasteiger partial charge < -0.3 is 10.2 Å². The molecule has 2 bridgehead atoms. The predicted molar refractivity (Wildman–Crippen MR) is 54.1 cm³/mol. The molecule has 1 aliphatic carbocycles. The molecule has 2 unspecified atom stereocenters. The van der Waals surface area contributed by atoms with Crippen LogP contribution < -0.4 is 5.32 Å². The minimum Gasteiger partial charge on any atom is -0.338 e. The van der Waals surface area contributed by atoms with Crippen LogP contribution in [0.5, 0.6) is 0 Å². The molecule has 4 aliphatic rings. The highest BCUT2D eigenvalue weighted by Gasteiger charge is 2.48. The van der Waals surface area contributed by atoms with Gasteiger partial charge in [-0.1, -0.05) is 0 Å². The Morgan fingerprint density at radius 2 is 2.13 bits per heavy atom. The number of nitrogens with one attached hydrogen (secondary N) is 1. The highest BCUT2D eigenvalue weighted by atomic mass is 19.1. The van der Waals surface area contributed by atoms with Crippen LogP contribution in [0.3, 0.4) is 0 Å². The Kier molecular flexibility index (Phi) is 2.20. The molecular weight excluding hydrogens is 195 g/mol.